The van der Waals surface area contributed by atoms with Gasteiger partial charge in [-0.1, -0.05) is 39.0 Å². The van der Waals surface area contributed by atoms with Crippen LogP contribution in [0, 0.1) is 0 Å². The molecule has 0 bridgehead atoms. The van der Waals surface area contributed by atoms with Crippen molar-refractivity contribution in [3.05, 3.63) is 28.6 Å². The lowest BCUT2D eigenvalue weighted by Crippen LogP contribution is -2.24. The molecule has 6 heteroatoms. The second-order valence-electron chi connectivity index (χ2n) is 6.38. The molecular formula is C20H27NO5. The number of hydrogen-bond donors (Lipinski definition) is 1. The molecule has 0 saturated carbocycles. The molecule has 6 nitrogen and oxygen atoms in total. The minimum absolute atomic E-state index is 0.0656. The van der Waals surface area contributed by atoms with Gasteiger partial charge in [-0.25, -0.2) is 0 Å². The number of hydrogen-bond acceptors (Lipinski definition) is 5. The molecule has 0 spiro atoms. The molecule has 0 amide bonds. The van der Waals surface area contributed by atoms with E-state index >= 15 is 0 Å². The summed E-state index contributed by atoms with van der Waals surface area (Å²) >= 11 is 0. The number of phenolic OH excluding ortho intramolecular Hbond substituents is 1. The van der Waals surface area contributed by atoms with Crippen molar-refractivity contribution >= 4 is 16.9 Å². The molecule has 0 unspecified atom stereocenters. The fourth-order valence-corrected chi connectivity index (χ4v) is 3.10. The fraction of sp³-hybridized carbons (Fsp3) is 0.500. The van der Waals surface area contributed by atoms with Crippen LogP contribution in [0.25, 0.3) is 10.9 Å². The Kier molecular flexibility index (Phi) is 7.06. The minimum atomic E-state index is -0.579. The van der Waals surface area contributed by atoms with Gasteiger partial charge in [0.1, 0.15) is 5.75 Å². The highest BCUT2D eigenvalue weighted by Crippen LogP contribution is 2.34. The van der Waals surface area contributed by atoms with Crippen molar-refractivity contribution in [2.24, 2.45) is 0 Å². The number of aromatic hydroxyl groups is 1. The Labute approximate surface area is 153 Å². The summed E-state index contributed by atoms with van der Waals surface area (Å²) in [6, 6.07) is 4.71. The van der Waals surface area contributed by atoms with Gasteiger partial charge in [0.15, 0.2) is 5.75 Å². The molecule has 1 N–H and O–H groups in total. The van der Waals surface area contributed by atoms with E-state index in [1.807, 2.05) is 0 Å². The van der Waals surface area contributed by atoms with Crippen LogP contribution in [-0.4, -0.2) is 22.8 Å². The van der Waals surface area contributed by atoms with Crippen molar-refractivity contribution in [1.29, 1.82) is 0 Å². The highest BCUT2D eigenvalue weighted by atomic mass is 16.6. The van der Waals surface area contributed by atoms with Gasteiger partial charge in [0.05, 0.1) is 12.6 Å². The summed E-state index contributed by atoms with van der Waals surface area (Å²) in [4.78, 5) is 24.3. The van der Waals surface area contributed by atoms with E-state index in [9.17, 15) is 14.7 Å². The smallest absolute Gasteiger partial charge is 0.308 e. The van der Waals surface area contributed by atoms with Gasteiger partial charge in [-0.3, -0.25) is 9.59 Å². The van der Waals surface area contributed by atoms with Crippen LogP contribution in [0.5, 0.6) is 17.2 Å². The van der Waals surface area contributed by atoms with E-state index in [4.69, 9.17) is 9.47 Å². The number of aromatic nitrogens is 1. The van der Waals surface area contributed by atoms with Crippen LogP contribution in [0.3, 0.4) is 0 Å². The van der Waals surface area contributed by atoms with Gasteiger partial charge in [0.25, 0.3) is 5.56 Å². The van der Waals surface area contributed by atoms with Gasteiger partial charge >= 0.3 is 5.97 Å². The summed E-state index contributed by atoms with van der Waals surface area (Å²) in [5.41, 5.74) is 0.139. The quantitative estimate of drug-likeness (QED) is 0.539. The maximum Gasteiger partial charge on any atom is 0.308 e. The van der Waals surface area contributed by atoms with Crippen LogP contribution in [0.1, 0.15) is 52.4 Å². The summed E-state index contributed by atoms with van der Waals surface area (Å²) in [6.45, 7) is 3.91. The van der Waals surface area contributed by atoms with E-state index in [1.165, 1.54) is 45.4 Å². The number of nitrogens with zero attached hydrogens (tertiary/aromatic N) is 1. The van der Waals surface area contributed by atoms with Crippen LogP contribution in [-0.2, 0) is 11.3 Å². The molecule has 0 atom stereocenters. The number of methoxy groups -OCH3 is 1. The van der Waals surface area contributed by atoms with Crippen molar-refractivity contribution in [2.45, 2.75) is 58.9 Å². The largest absolute Gasteiger partial charge is 0.508 e. The van der Waals surface area contributed by atoms with E-state index in [-0.39, 0.29) is 17.2 Å². The third kappa shape index (κ3) is 4.56. The lowest BCUT2D eigenvalue weighted by Gasteiger charge is -2.16. The Morgan fingerprint density at radius 3 is 2.46 bits per heavy atom. The summed E-state index contributed by atoms with van der Waals surface area (Å²) in [6.07, 6.45) is 6.57. The monoisotopic (exact) mass is 361 g/mol. The first-order valence-corrected chi connectivity index (χ1v) is 9.11. The van der Waals surface area contributed by atoms with Gasteiger partial charge in [-0.2, -0.15) is 0 Å². The van der Waals surface area contributed by atoms with Crippen molar-refractivity contribution in [3.63, 3.8) is 0 Å². The van der Waals surface area contributed by atoms with Crippen LogP contribution < -0.4 is 15.0 Å². The first-order valence-electron chi connectivity index (χ1n) is 9.11. The topological polar surface area (TPSA) is 77.8 Å². The van der Waals surface area contributed by atoms with Gasteiger partial charge < -0.3 is 19.1 Å². The molecule has 0 fully saturated rings. The second kappa shape index (κ2) is 9.27. The highest BCUT2D eigenvalue weighted by Gasteiger charge is 2.20. The second-order valence-corrected chi connectivity index (χ2v) is 6.38. The third-order valence-electron chi connectivity index (χ3n) is 4.35. The molecule has 1 heterocycles. The standard InChI is InChI=1S/C20H27NO5/c1-4-5-6-7-8-9-12-21-17-13-15(23)10-11-16(17)18(25-3)19(20(21)24)26-14(2)22/h10-11,13,23H,4-9,12H2,1-3H3. The summed E-state index contributed by atoms with van der Waals surface area (Å²) in [5, 5.41) is 10.5. The minimum Gasteiger partial charge on any atom is -0.508 e. The fourth-order valence-electron chi connectivity index (χ4n) is 3.10. The van der Waals surface area contributed by atoms with Gasteiger partial charge in [-0.05, 0) is 18.6 Å². The molecule has 26 heavy (non-hydrogen) atoms. The Morgan fingerprint density at radius 2 is 1.81 bits per heavy atom. The molecule has 1 aromatic carbocycles. The van der Waals surface area contributed by atoms with E-state index < -0.39 is 11.5 Å². The average Bonchev–Trinajstić information content (AvgIpc) is 2.60. The first kappa shape index (κ1) is 19.8. The summed E-state index contributed by atoms with van der Waals surface area (Å²) < 4.78 is 12.0. The number of esters is 1. The molecule has 0 aliphatic rings. The van der Waals surface area contributed by atoms with E-state index in [1.54, 1.807) is 10.6 Å². The molecule has 0 radical (unpaired) electrons. The number of aryl methyl sites for hydroxylation is 1. The summed E-state index contributed by atoms with van der Waals surface area (Å²) in [7, 11) is 1.42. The van der Waals surface area contributed by atoms with E-state index in [0.29, 0.717) is 17.4 Å². The zero-order valence-electron chi connectivity index (χ0n) is 15.7. The Morgan fingerprint density at radius 1 is 1.12 bits per heavy atom. The molecule has 0 aliphatic heterocycles. The van der Waals surface area contributed by atoms with Crippen molar-refractivity contribution < 1.29 is 19.4 Å². The number of rotatable bonds is 9. The maximum absolute atomic E-state index is 12.9. The zero-order valence-corrected chi connectivity index (χ0v) is 15.7. The number of benzene rings is 1. The highest BCUT2D eigenvalue weighted by molar-refractivity contribution is 5.89. The number of pyridine rings is 1. The predicted octanol–water partition coefficient (Wildman–Crippen LogP) is 4.00. The zero-order chi connectivity index (χ0) is 19.1. The van der Waals surface area contributed by atoms with E-state index in [0.717, 1.165) is 19.3 Å². The van der Waals surface area contributed by atoms with Crippen LogP contribution in [0.4, 0.5) is 0 Å². The van der Waals surface area contributed by atoms with Crippen LogP contribution in [0.15, 0.2) is 23.0 Å². The lowest BCUT2D eigenvalue weighted by atomic mass is 10.1. The molecular weight excluding hydrogens is 334 g/mol. The number of carbonyl (C=O) groups is 1. The van der Waals surface area contributed by atoms with Crippen LogP contribution >= 0.6 is 0 Å². The van der Waals surface area contributed by atoms with Crippen molar-refractivity contribution in [1.82, 2.24) is 4.57 Å². The molecule has 142 valence electrons. The Balaban J connectivity index is 2.42. The third-order valence-corrected chi connectivity index (χ3v) is 4.35. The SMILES string of the molecule is CCCCCCCCn1c(=O)c(OC(C)=O)c(OC)c2ccc(O)cc21. The molecule has 0 aliphatic carbocycles. The van der Waals surface area contributed by atoms with E-state index in [2.05, 4.69) is 6.92 Å². The predicted molar refractivity (Wildman–Crippen MR) is 101 cm³/mol. The Hall–Kier alpha value is -2.50. The van der Waals surface area contributed by atoms with Gasteiger partial charge in [0.2, 0.25) is 5.75 Å². The molecule has 2 rings (SSSR count). The lowest BCUT2D eigenvalue weighted by molar-refractivity contribution is -0.132. The van der Waals surface area contributed by atoms with Crippen molar-refractivity contribution in [3.8, 4) is 17.2 Å². The molecule has 1 aromatic heterocycles. The van der Waals surface area contributed by atoms with Gasteiger partial charge in [-0.15, -0.1) is 0 Å². The maximum atomic E-state index is 12.9. The first-order chi connectivity index (χ1) is 12.5. The number of ether oxygens (including phenoxy) is 2. The molecule has 0 saturated heterocycles. The van der Waals surface area contributed by atoms with Gasteiger partial charge in [0, 0.05) is 24.9 Å². The average molecular weight is 361 g/mol. The van der Waals surface area contributed by atoms with Crippen molar-refractivity contribution in [2.75, 3.05) is 7.11 Å². The van der Waals surface area contributed by atoms with Crippen LogP contribution in [0.2, 0.25) is 0 Å². The normalized spacial score (nSPS) is 10.9. The number of carbonyl (C=O) groups excluding carboxylic acids is 1. The Bertz CT molecular complexity index is 825. The molecule has 2 aromatic rings. The summed E-state index contributed by atoms with van der Waals surface area (Å²) in [5.74, 6) is -0.413. The number of unbranched alkanes of at least 4 members (excludes halogenated alkanes) is 5. The number of phenols is 1. The number of fused-ring (bicyclic) bond motifs is 1.